The maximum absolute atomic E-state index is 4.30. The van der Waals surface area contributed by atoms with Gasteiger partial charge in [0.05, 0.1) is 0 Å². The molecule has 0 aliphatic carbocycles. The minimum atomic E-state index is 0.461. The first-order valence-corrected chi connectivity index (χ1v) is 8.36. The summed E-state index contributed by atoms with van der Waals surface area (Å²) in [4.78, 5) is 4.30. The van der Waals surface area contributed by atoms with Gasteiger partial charge in [-0.15, -0.1) is 0 Å². The van der Waals surface area contributed by atoms with E-state index < -0.39 is 0 Å². The van der Waals surface area contributed by atoms with Gasteiger partial charge in [-0.25, -0.2) is 0 Å². The predicted octanol–water partition coefficient (Wildman–Crippen LogP) is 5.18. The van der Waals surface area contributed by atoms with Gasteiger partial charge >= 0.3 is 0 Å². The summed E-state index contributed by atoms with van der Waals surface area (Å²) in [5, 5.41) is 3.42. The lowest BCUT2D eigenvalue weighted by atomic mass is 10.00. The van der Waals surface area contributed by atoms with Gasteiger partial charge in [-0.1, -0.05) is 64.4 Å². The third kappa shape index (κ3) is 7.04. The number of rotatable bonds is 11. The van der Waals surface area contributed by atoms with E-state index in [1.165, 1.54) is 68.9 Å². The summed E-state index contributed by atoms with van der Waals surface area (Å²) in [7, 11) is 2.05. The Morgan fingerprint density at radius 3 is 2.25 bits per heavy atom. The smallest absolute Gasteiger partial charge is 0.0332 e. The minimum absolute atomic E-state index is 0.461. The normalized spacial score (nSPS) is 12.6. The standard InChI is InChI=1S/C18H32N2/c1-4-5-6-7-8-9-10-11-12-18(19-3)17-13-16(2)14-20-15-17/h13-15,18-19H,4-12H2,1-3H3. The predicted molar refractivity (Wildman–Crippen MR) is 88.0 cm³/mol. The third-order valence-electron chi connectivity index (χ3n) is 3.99. The van der Waals surface area contributed by atoms with Crippen LogP contribution in [0.2, 0.25) is 0 Å². The molecule has 2 nitrogen and oxygen atoms in total. The van der Waals surface area contributed by atoms with Gasteiger partial charge in [0.1, 0.15) is 0 Å². The van der Waals surface area contributed by atoms with E-state index in [9.17, 15) is 0 Å². The van der Waals surface area contributed by atoms with Gasteiger partial charge in [0.2, 0.25) is 0 Å². The Kier molecular flexibility index (Phi) is 9.31. The largest absolute Gasteiger partial charge is 0.313 e. The van der Waals surface area contributed by atoms with E-state index in [1.807, 2.05) is 12.4 Å². The Morgan fingerprint density at radius 2 is 1.65 bits per heavy atom. The molecule has 0 aromatic carbocycles. The molecule has 0 fully saturated rings. The molecule has 0 radical (unpaired) electrons. The second-order valence-electron chi connectivity index (χ2n) is 5.90. The molecule has 1 unspecified atom stereocenters. The molecule has 0 saturated heterocycles. The fourth-order valence-electron chi connectivity index (χ4n) is 2.73. The molecule has 1 aromatic rings. The molecule has 0 aliphatic rings. The summed E-state index contributed by atoms with van der Waals surface area (Å²) in [6, 6.07) is 2.71. The van der Waals surface area contributed by atoms with Crippen molar-refractivity contribution in [1.82, 2.24) is 10.3 Å². The number of nitrogens with one attached hydrogen (secondary N) is 1. The van der Waals surface area contributed by atoms with Crippen molar-refractivity contribution in [3.63, 3.8) is 0 Å². The van der Waals surface area contributed by atoms with Gasteiger partial charge in [0.25, 0.3) is 0 Å². The van der Waals surface area contributed by atoms with Crippen molar-refractivity contribution in [2.75, 3.05) is 7.05 Å². The van der Waals surface area contributed by atoms with Crippen LogP contribution in [0.4, 0.5) is 0 Å². The summed E-state index contributed by atoms with van der Waals surface area (Å²) >= 11 is 0. The molecule has 1 rings (SSSR count). The molecule has 1 atom stereocenters. The Hall–Kier alpha value is -0.890. The highest BCUT2D eigenvalue weighted by molar-refractivity contribution is 5.19. The van der Waals surface area contributed by atoms with Crippen LogP contribution < -0.4 is 5.32 Å². The molecule has 114 valence electrons. The van der Waals surface area contributed by atoms with Crippen LogP contribution in [0, 0.1) is 6.92 Å². The summed E-state index contributed by atoms with van der Waals surface area (Å²) in [5.74, 6) is 0. The van der Waals surface area contributed by atoms with Crippen LogP contribution in [-0.4, -0.2) is 12.0 Å². The first-order valence-electron chi connectivity index (χ1n) is 8.36. The van der Waals surface area contributed by atoms with E-state index in [0.29, 0.717) is 6.04 Å². The summed E-state index contributed by atoms with van der Waals surface area (Å²) in [5.41, 5.74) is 2.58. The van der Waals surface area contributed by atoms with E-state index in [2.05, 4.69) is 37.3 Å². The third-order valence-corrected chi connectivity index (χ3v) is 3.99. The Morgan fingerprint density at radius 1 is 1.00 bits per heavy atom. The van der Waals surface area contributed by atoms with Crippen molar-refractivity contribution in [2.24, 2.45) is 0 Å². The molecule has 1 aromatic heterocycles. The summed E-state index contributed by atoms with van der Waals surface area (Å²) in [6.07, 6.45) is 16.2. The van der Waals surface area contributed by atoms with Crippen LogP contribution >= 0.6 is 0 Å². The maximum Gasteiger partial charge on any atom is 0.0332 e. The van der Waals surface area contributed by atoms with Gasteiger partial charge in [0, 0.05) is 18.4 Å². The van der Waals surface area contributed by atoms with Crippen molar-refractivity contribution in [1.29, 1.82) is 0 Å². The number of pyridine rings is 1. The molecule has 0 spiro atoms. The molecule has 0 bridgehead atoms. The minimum Gasteiger partial charge on any atom is -0.313 e. The van der Waals surface area contributed by atoms with E-state index >= 15 is 0 Å². The highest BCUT2D eigenvalue weighted by atomic mass is 14.9. The molecule has 0 amide bonds. The van der Waals surface area contributed by atoms with Crippen molar-refractivity contribution in [2.45, 2.75) is 77.7 Å². The number of hydrogen-bond acceptors (Lipinski definition) is 2. The van der Waals surface area contributed by atoms with Crippen LogP contribution in [-0.2, 0) is 0 Å². The van der Waals surface area contributed by atoms with Crippen molar-refractivity contribution < 1.29 is 0 Å². The average molecular weight is 276 g/mol. The van der Waals surface area contributed by atoms with Crippen LogP contribution in [0.3, 0.4) is 0 Å². The molecule has 0 saturated carbocycles. The lowest BCUT2D eigenvalue weighted by Gasteiger charge is -2.16. The Labute approximate surface area is 125 Å². The Bertz CT molecular complexity index is 349. The summed E-state index contributed by atoms with van der Waals surface area (Å²) in [6.45, 7) is 4.39. The van der Waals surface area contributed by atoms with E-state index in [-0.39, 0.29) is 0 Å². The maximum atomic E-state index is 4.30. The van der Waals surface area contributed by atoms with E-state index in [4.69, 9.17) is 0 Å². The molecule has 20 heavy (non-hydrogen) atoms. The van der Waals surface area contributed by atoms with Gasteiger partial charge in [-0.2, -0.15) is 0 Å². The van der Waals surface area contributed by atoms with Crippen molar-refractivity contribution in [3.05, 3.63) is 29.6 Å². The van der Waals surface area contributed by atoms with Gasteiger partial charge in [0.15, 0.2) is 0 Å². The number of aryl methyl sites for hydroxylation is 1. The second kappa shape index (κ2) is 10.8. The molecular formula is C18H32N2. The fraction of sp³-hybridized carbons (Fsp3) is 0.722. The molecule has 0 aliphatic heterocycles. The number of aromatic nitrogens is 1. The molecule has 2 heteroatoms. The van der Waals surface area contributed by atoms with Crippen LogP contribution in [0.1, 0.15) is 81.9 Å². The van der Waals surface area contributed by atoms with Crippen LogP contribution in [0.25, 0.3) is 0 Å². The zero-order chi connectivity index (χ0) is 14.6. The number of hydrogen-bond donors (Lipinski definition) is 1. The fourth-order valence-corrected chi connectivity index (χ4v) is 2.73. The highest BCUT2D eigenvalue weighted by Gasteiger charge is 2.09. The zero-order valence-electron chi connectivity index (χ0n) is 13.6. The highest BCUT2D eigenvalue weighted by Crippen LogP contribution is 2.20. The molecule has 1 heterocycles. The Balaban J connectivity index is 2.16. The molecular weight excluding hydrogens is 244 g/mol. The quantitative estimate of drug-likeness (QED) is 0.563. The van der Waals surface area contributed by atoms with Gasteiger partial charge in [-0.3, -0.25) is 4.98 Å². The average Bonchev–Trinajstić information content (AvgIpc) is 2.46. The van der Waals surface area contributed by atoms with Crippen LogP contribution in [0.5, 0.6) is 0 Å². The van der Waals surface area contributed by atoms with Crippen molar-refractivity contribution in [3.8, 4) is 0 Å². The topological polar surface area (TPSA) is 24.9 Å². The summed E-state index contributed by atoms with van der Waals surface area (Å²) < 4.78 is 0. The van der Waals surface area contributed by atoms with Gasteiger partial charge < -0.3 is 5.32 Å². The monoisotopic (exact) mass is 276 g/mol. The lowest BCUT2D eigenvalue weighted by molar-refractivity contribution is 0.493. The van der Waals surface area contributed by atoms with Crippen LogP contribution in [0.15, 0.2) is 18.5 Å². The zero-order valence-corrected chi connectivity index (χ0v) is 13.6. The first-order chi connectivity index (χ1) is 9.77. The lowest BCUT2D eigenvalue weighted by Crippen LogP contribution is -2.16. The van der Waals surface area contributed by atoms with Gasteiger partial charge in [-0.05, 0) is 31.5 Å². The molecule has 1 N–H and O–H groups in total. The van der Waals surface area contributed by atoms with E-state index in [0.717, 1.165) is 0 Å². The van der Waals surface area contributed by atoms with Crippen molar-refractivity contribution >= 4 is 0 Å². The number of unbranched alkanes of at least 4 members (excludes halogenated alkanes) is 7. The van der Waals surface area contributed by atoms with E-state index in [1.54, 1.807) is 0 Å². The second-order valence-corrected chi connectivity index (χ2v) is 5.90. The first kappa shape index (κ1) is 17.2. The SMILES string of the molecule is CCCCCCCCCCC(NC)c1cncc(C)c1. The number of nitrogens with zero attached hydrogens (tertiary/aromatic N) is 1.